The zero-order valence-electron chi connectivity index (χ0n) is 38.6. The molecule has 3 rings (SSSR count). The number of hydrogen-bond acceptors (Lipinski definition) is 8. The molecule has 0 aliphatic rings. The first kappa shape index (κ1) is 53.7. The number of imidazole rings is 2. The number of carbonyl (C=O) groups is 2. The Morgan fingerprint density at radius 3 is 1.16 bits per heavy atom. The van der Waals surface area contributed by atoms with E-state index in [9.17, 15) is 9.59 Å². The van der Waals surface area contributed by atoms with Crippen molar-refractivity contribution in [3.63, 3.8) is 0 Å². The van der Waals surface area contributed by atoms with Crippen molar-refractivity contribution in [3.05, 3.63) is 71.3 Å². The Hall–Kier alpha value is -3.63. The maximum atomic E-state index is 12.3. The molecule has 10 N–H and O–H groups in total. The van der Waals surface area contributed by atoms with Gasteiger partial charge in [0.15, 0.2) is 0 Å². The summed E-state index contributed by atoms with van der Waals surface area (Å²) in [5.74, 6) is 0. The number of nitrogens with zero attached hydrogens (tertiary/aromatic N) is 4. The van der Waals surface area contributed by atoms with Gasteiger partial charge in [-0.25, -0.2) is 27.9 Å². The predicted molar refractivity (Wildman–Crippen MR) is 248 cm³/mol. The maximum Gasteiger partial charge on any atom is 0.492 e. The van der Waals surface area contributed by atoms with Crippen LogP contribution in [0.15, 0.2) is 43.5 Å². The van der Waals surface area contributed by atoms with Gasteiger partial charge in [0.1, 0.15) is 37.9 Å². The number of aromatic nitrogens is 4. The summed E-state index contributed by atoms with van der Waals surface area (Å²) in [6.45, 7) is 12.3. The first-order chi connectivity index (χ1) is 30.1. The molecule has 4 amide bonds. The highest BCUT2D eigenvalue weighted by molar-refractivity contribution is 6.56. The number of rotatable bonds is 34. The maximum absolute atomic E-state index is 12.3. The molecule has 63 heavy (non-hydrogen) atoms. The molecule has 0 saturated carbocycles. The molecule has 0 saturated heterocycles. The average molecular weight is 919 g/mol. The minimum atomic E-state index is -3.88. The lowest BCUT2D eigenvalue weighted by Gasteiger charge is -2.15. The van der Waals surface area contributed by atoms with E-state index in [4.69, 9.17) is 28.8 Å². The molecule has 0 bridgehead atoms. The van der Waals surface area contributed by atoms with Crippen LogP contribution >= 0.6 is 0 Å². The minimum absolute atomic E-state index is 0.123. The molecule has 0 aliphatic carbocycles. The van der Waals surface area contributed by atoms with E-state index >= 15 is 0 Å². The number of nitrogens with one attached hydrogen (secondary N) is 4. The molecule has 0 fully saturated rings. The smallest absolute Gasteiger partial charge is 0.390 e. The van der Waals surface area contributed by atoms with Crippen LogP contribution in [-0.4, -0.2) is 93.8 Å². The summed E-state index contributed by atoms with van der Waals surface area (Å²) < 4.78 is 8.78. The molecular weight excluding hydrogens is 837 g/mol. The van der Waals surface area contributed by atoms with Crippen molar-refractivity contribution in [1.29, 1.82) is 0 Å². The van der Waals surface area contributed by atoms with Gasteiger partial charge in [-0.3, -0.25) is 0 Å². The Morgan fingerprint density at radius 1 is 0.492 bits per heavy atom. The van der Waals surface area contributed by atoms with E-state index in [0.717, 1.165) is 129 Å². The van der Waals surface area contributed by atoms with Gasteiger partial charge in [-0.05, 0) is 74.3 Å². The van der Waals surface area contributed by atoms with Crippen LogP contribution in [0.2, 0.25) is 12.1 Å². The Morgan fingerprint density at radius 2 is 0.810 bits per heavy atom. The van der Waals surface area contributed by atoms with Crippen LogP contribution in [0.4, 0.5) is 9.59 Å². The van der Waals surface area contributed by atoms with Crippen molar-refractivity contribution in [2.45, 2.75) is 175 Å². The predicted octanol–water partition coefficient (Wildman–Crippen LogP) is 4.34. The molecule has 1 aromatic carbocycles. The van der Waals surface area contributed by atoms with Crippen molar-refractivity contribution in [3.8, 4) is 0 Å². The lowest BCUT2D eigenvalue weighted by atomic mass is 9.93. The summed E-state index contributed by atoms with van der Waals surface area (Å²) in [5, 5.41) is 11.9. The van der Waals surface area contributed by atoms with Crippen molar-refractivity contribution >= 4 is 29.7 Å². The fraction of sp³-hybridized carbons (Fsp3) is 0.689. The summed E-state index contributed by atoms with van der Waals surface area (Å²) in [6.07, 6.45) is 30.2. The largest absolute Gasteiger partial charge is 0.492 e. The second-order valence-corrected chi connectivity index (χ2v) is 21.6. The van der Waals surface area contributed by atoms with Crippen LogP contribution in [0.3, 0.4) is 0 Å². The molecule has 16 nitrogen and oxygen atoms in total. The van der Waals surface area contributed by atoms with E-state index in [-0.39, 0.29) is 24.2 Å². The standard InChI is InChI=1S/C45H80N8O8Si2/c1-39-34-40(2)43(36-53-31-29-51(38-53)27-21-25-49-45(55)47-23-17-13-9-5-7-11-15-19-33-63(59,60)61)41(3)42(39)35-52-30-28-50(37-52)26-20-24-48-44(54)46-22-16-12-8-4-6-10-14-18-32-62(56,57)58/h28-31,34,37-38,56-61H,4-27,32-33,35-36H2,1-3H3,(H2-2,46,47,48,49,54,55)/p+2. The minimum Gasteiger partial charge on any atom is -0.390 e. The molecule has 0 radical (unpaired) electrons. The van der Waals surface area contributed by atoms with Crippen LogP contribution in [0.1, 0.15) is 143 Å². The van der Waals surface area contributed by atoms with E-state index < -0.39 is 17.6 Å². The lowest BCUT2D eigenvalue weighted by molar-refractivity contribution is -0.689. The van der Waals surface area contributed by atoms with Gasteiger partial charge in [0.2, 0.25) is 12.7 Å². The van der Waals surface area contributed by atoms with E-state index in [1.165, 1.54) is 27.8 Å². The van der Waals surface area contributed by atoms with E-state index in [1.807, 2.05) is 0 Å². The molecule has 18 heteroatoms. The molecule has 3 aromatic rings. The molecule has 0 spiro atoms. The van der Waals surface area contributed by atoms with Gasteiger partial charge in [0.25, 0.3) is 0 Å². The van der Waals surface area contributed by atoms with Crippen molar-refractivity contribution in [2.24, 2.45) is 0 Å². The number of aryl methyl sites for hydroxylation is 4. The van der Waals surface area contributed by atoms with E-state index in [1.54, 1.807) is 0 Å². The summed E-state index contributed by atoms with van der Waals surface area (Å²) in [7, 11) is -7.75. The number of carbonyl (C=O) groups excluding carboxylic acids is 2. The Balaban J connectivity index is 1.26. The van der Waals surface area contributed by atoms with E-state index in [0.29, 0.717) is 39.0 Å². The second kappa shape index (κ2) is 29.7. The van der Waals surface area contributed by atoms with Crippen molar-refractivity contribution in [1.82, 2.24) is 30.4 Å². The number of benzene rings is 1. The Labute approximate surface area is 378 Å². The van der Waals surface area contributed by atoms with Crippen LogP contribution in [0.25, 0.3) is 0 Å². The SMILES string of the molecule is Cc1cc(C)c(C[n+]2ccn(CCCNC(=O)NCCCCCCCCCC[Si](O)(O)O)c2)c(C)c1C[n+]1ccn(CCCNC(=O)NCCCCCCCCCC[Si](O)(O)O)c1. The van der Waals surface area contributed by atoms with Crippen LogP contribution in [0, 0.1) is 20.8 Å². The monoisotopic (exact) mass is 919 g/mol. The molecule has 0 aliphatic heterocycles. The zero-order valence-corrected chi connectivity index (χ0v) is 40.6. The first-order valence-electron chi connectivity index (χ1n) is 23.7. The molecule has 2 heterocycles. The molecule has 0 atom stereocenters. The van der Waals surface area contributed by atoms with E-state index in [2.05, 4.69) is 104 Å². The van der Waals surface area contributed by atoms with Gasteiger partial charge >= 0.3 is 29.7 Å². The fourth-order valence-electron chi connectivity index (χ4n) is 8.01. The van der Waals surface area contributed by atoms with Gasteiger partial charge in [0.05, 0.1) is 13.1 Å². The van der Waals surface area contributed by atoms with Gasteiger partial charge in [-0.2, -0.15) is 0 Å². The molecule has 0 unspecified atom stereocenters. The highest BCUT2D eigenvalue weighted by atomic mass is 28.4. The molecule has 356 valence electrons. The zero-order chi connectivity index (χ0) is 45.9. The quantitative estimate of drug-likeness (QED) is 0.0236. The Bertz CT molecular complexity index is 1620. The van der Waals surface area contributed by atoms with Crippen LogP contribution < -0.4 is 30.4 Å². The normalized spacial score (nSPS) is 11.9. The van der Waals surface area contributed by atoms with Crippen molar-refractivity contribution < 1.29 is 47.5 Å². The number of unbranched alkanes of at least 4 members (excludes halogenated alkanes) is 14. The van der Waals surface area contributed by atoms with Gasteiger partial charge in [-0.1, -0.05) is 83.1 Å². The fourth-order valence-corrected chi connectivity index (χ4v) is 9.45. The topological polar surface area (TPSA) is 221 Å². The first-order valence-corrected chi connectivity index (χ1v) is 27.8. The van der Waals surface area contributed by atoms with Crippen LogP contribution in [0.5, 0.6) is 0 Å². The number of hydrogen-bond donors (Lipinski definition) is 10. The average Bonchev–Trinajstić information content (AvgIpc) is 3.87. The summed E-state index contributed by atoms with van der Waals surface area (Å²) in [6, 6.07) is 2.29. The third-order valence-electron chi connectivity index (χ3n) is 11.7. The Kier molecular flexibility index (Phi) is 25.4. The van der Waals surface area contributed by atoms with Crippen molar-refractivity contribution in [2.75, 3.05) is 26.2 Å². The highest BCUT2D eigenvalue weighted by Crippen LogP contribution is 2.22. The lowest BCUT2D eigenvalue weighted by Crippen LogP contribution is -2.37. The molecular formula is C45H82N8O8Si2+2. The van der Waals surface area contributed by atoms with Crippen LogP contribution in [-0.2, 0) is 26.2 Å². The van der Waals surface area contributed by atoms with Gasteiger partial charge < -0.3 is 50.0 Å². The number of urea groups is 2. The van der Waals surface area contributed by atoms with Gasteiger partial charge in [0, 0.05) is 51.1 Å². The summed E-state index contributed by atoms with van der Waals surface area (Å²) in [4.78, 5) is 78.8. The third-order valence-corrected chi connectivity index (χ3v) is 13.7. The van der Waals surface area contributed by atoms with Gasteiger partial charge in [-0.15, -0.1) is 0 Å². The third kappa shape index (κ3) is 24.9. The summed E-state index contributed by atoms with van der Waals surface area (Å²) >= 11 is 0. The molecule has 2 aromatic heterocycles. The highest BCUT2D eigenvalue weighted by Gasteiger charge is 2.26. The number of amides is 4. The second-order valence-electron chi connectivity index (χ2n) is 17.5. The summed E-state index contributed by atoms with van der Waals surface area (Å²) in [5.41, 5.74) is 6.52.